The second kappa shape index (κ2) is 6.07. The summed E-state index contributed by atoms with van der Waals surface area (Å²) in [6.45, 7) is 2.34. The van der Waals surface area contributed by atoms with Crippen LogP contribution in [-0.4, -0.2) is 15.4 Å². The number of aromatic nitrogens is 2. The van der Waals surface area contributed by atoms with Gasteiger partial charge < -0.3 is 4.57 Å². The first kappa shape index (κ1) is 14.4. The van der Waals surface area contributed by atoms with Crippen molar-refractivity contribution in [1.82, 2.24) is 9.55 Å². The van der Waals surface area contributed by atoms with Gasteiger partial charge in [-0.25, -0.2) is 4.98 Å². The summed E-state index contributed by atoms with van der Waals surface area (Å²) in [5.74, 6) is 2.54. The molecule has 20 heavy (non-hydrogen) atoms. The molecule has 0 amide bonds. The Labute approximate surface area is 133 Å². The molecule has 1 aromatic heterocycles. The van der Waals surface area contributed by atoms with Gasteiger partial charge in [0.05, 0.1) is 11.0 Å². The summed E-state index contributed by atoms with van der Waals surface area (Å²) in [6, 6.07) is 6.90. The molecule has 1 aliphatic rings. The normalized spacial score (nSPS) is 17.9. The standard InChI is InChI=1S/C16H20BrClN2/c1-11(12-4-2-3-5-12)20-15-7-6-13(17)10-14(15)19-16(20)8-9-18/h6-7,10-12H,2-5,8-9H2,1H3. The molecule has 0 bridgehead atoms. The molecular formula is C16H20BrClN2. The maximum absolute atomic E-state index is 5.97. The molecule has 0 aliphatic heterocycles. The van der Waals surface area contributed by atoms with Gasteiger partial charge in [0.25, 0.3) is 0 Å². The fraction of sp³-hybridized carbons (Fsp3) is 0.562. The molecule has 1 fully saturated rings. The van der Waals surface area contributed by atoms with Crippen LogP contribution < -0.4 is 0 Å². The predicted octanol–water partition coefficient (Wildman–Crippen LogP) is 5.33. The molecule has 0 spiro atoms. The van der Waals surface area contributed by atoms with Crippen LogP contribution in [0.5, 0.6) is 0 Å². The molecule has 1 aliphatic carbocycles. The van der Waals surface area contributed by atoms with Crippen molar-refractivity contribution in [3.63, 3.8) is 0 Å². The molecule has 1 atom stereocenters. The zero-order valence-corrected chi connectivity index (χ0v) is 14.1. The average molecular weight is 356 g/mol. The Morgan fingerprint density at radius 2 is 2.15 bits per heavy atom. The fourth-order valence-corrected chi connectivity index (χ4v) is 4.01. The van der Waals surface area contributed by atoms with E-state index < -0.39 is 0 Å². The van der Waals surface area contributed by atoms with E-state index in [9.17, 15) is 0 Å². The number of halogens is 2. The van der Waals surface area contributed by atoms with Gasteiger partial charge in [0.15, 0.2) is 0 Å². The molecule has 1 heterocycles. The average Bonchev–Trinajstić information content (AvgIpc) is 3.05. The quantitative estimate of drug-likeness (QED) is 0.678. The van der Waals surface area contributed by atoms with Crippen LogP contribution in [0, 0.1) is 5.92 Å². The van der Waals surface area contributed by atoms with E-state index in [-0.39, 0.29) is 0 Å². The minimum atomic E-state index is 0.516. The Bertz CT molecular complexity index is 602. The molecule has 4 heteroatoms. The first-order valence-corrected chi connectivity index (χ1v) is 8.76. The number of benzene rings is 1. The van der Waals surface area contributed by atoms with Gasteiger partial charge in [-0.2, -0.15) is 0 Å². The fourth-order valence-electron chi connectivity index (χ4n) is 3.49. The molecule has 2 nitrogen and oxygen atoms in total. The van der Waals surface area contributed by atoms with E-state index in [0.717, 1.165) is 28.2 Å². The van der Waals surface area contributed by atoms with Crippen molar-refractivity contribution in [2.45, 2.75) is 45.1 Å². The monoisotopic (exact) mass is 354 g/mol. The second-order valence-electron chi connectivity index (χ2n) is 5.76. The molecule has 1 aromatic carbocycles. The Hall–Kier alpha value is -0.540. The Kier molecular flexibility index (Phi) is 4.37. The van der Waals surface area contributed by atoms with E-state index in [4.69, 9.17) is 16.6 Å². The predicted molar refractivity (Wildman–Crippen MR) is 88.5 cm³/mol. The minimum absolute atomic E-state index is 0.516. The SMILES string of the molecule is CC(C1CCCC1)n1c(CCCl)nc2cc(Br)ccc21. The van der Waals surface area contributed by atoms with Gasteiger partial charge in [0, 0.05) is 22.8 Å². The lowest BCUT2D eigenvalue weighted by Crippen LogP contribution is -2.17. The molecule has 108 valence electrons. The van der Waals surface area contributed by atoms with Crippen LogP contribution in [0.3, 0.4) is 0 Å². The zero-order valence-electron chi connectivity index (χ0n) is 11.8. The number of alkyl halides is 1. The summed E-state index contributed by atoms with van der Waals surface area (Å²) < 4.78 is 3.51. The lowest BCUT2D eigenvalue weighted by atomic mass is 9.99. The van der Waals surface area contributed by atoms with Gasteiger partial charge in [-0.15, -0.1) is 11.6 Å². The van der Waals surface area contributed by atoms with Crippen molar-refractivity contribution in [3.05, 3.63) is 28.5 Å². The van der Waals surface area contributed by atoms with Gasteiger partial charge in [-0.3, -0.25) is 0 Å². The van der Waals surface area contributed by atoms with Crippen LogP contribution in [0.1, 0.15) is 44.5 Å². The Balaban J connectivity index is 2.07. The van der Waals surface area contributed by atoms with Gasteiger partial charge in [0.1, 0.15) is 5.82 Å². The maximum Gasteiger partial charge on any atom is 0.111 e. The summed E-state index contributed by atoms with van der Waals surface area (Å²) >= 11 is 9.50. The number of nitrogens with zero attached hydrogens (tertiary/aromatic N) is 2. The van der Waals surface area contributed by atoms with Crippen molar-refractivity contribution < 1.29 is 0 Å². The highest BCUT2D eigenvalue weighted by atomic mass is 79.9. The number of imidazole rings is 1. The lowest BCUT2D eigenvalue weighted by molar-refractivity contribution is 0.360. The van der Waals surface area contributed by atoms with Crippen LogP contribution in [0.15, 0.2) is 22.7 Å². The van der Waals surface area contributed by atoms with Crippen molar-refractivity contribution in [1.29, 1.82) is 0 Å². The highest BCUT2D eigenvalue weighted by Crippen LogP contribution is 2.36. The van der Waals surface area contributed by atoms with Crippen molar-refractivity contribution >= 4 is 38.6 Å². The largest absolute Gasteiger partial charge is 0.325 e. The first-order chi connectivity index (χ1) is 9.70. The minimum Gasteiger partial charge on any atom is -0.325 e. The first-order valence-electron chi connectivity index (χ1n) is 7.43. The zero-order chi connectivity index (χ0) is 14.1. The number of rotatable bonds is 4. The van der Waals surface area contributed by atoms with E-state index in [2.05, 4.69) is 45.6 Å². The maximum atomic E-state index is 5.97. The molecule has 0 N–H and O–H groups in total. The van der Waals surface area contributed by atoms with Crippen LogP contribution in [-0.2, 0) is 6.42 Å². The van der Waals surface area contributed by atoms with Crippen LogP contribution in [0.2, 0.25) is 0 Å². The van der Waals surface area contributed by atoms with Crippen molar-refractivity contribution in [2.75, 3.05) is 5.88 Å². The van der Waals surface area contributed by atoms with Crippen molar-refractivity contribution in [3.8, 4) is 0 Å². The van der Waals surface area contributed by atoms with Crippen LogP contribution in [0.25, 0.3) is 11.0 Å². The number of hydrogen-bond donors (Lipinski definition) is 0. The summed E-state index contributed by atoms with van der Waals surface area (Å²) in [4.78, 5) is 4.80. The lowest BCUT2D eigenvalue weighted by Gasteiger charge is -2.23. The molecule has 1 saturated carbocycles. The Morgan fingerprint density at radius 3 is 2.85 bits per heavy atom. The summed E-state index contributed by atoms with van der Waals surface area (Å²) in [5.41, 5.74) is 2.32. The Morgan fingerprint density at radius 1 is 1.40 bits per heavy atom. The van der Waals surface area contributed by atoms with Gasteiger partial charge in [0.2, 0.25) is 0 Å². The van der Waals surface area contributed by atoms with Crippen LogP contribution in [0.4, 0.5) is 0 Å². The number of aryl methyl sites for hydroxylation is 1. The molecule has 2 aromatic rings. The third-order valence-corrected chi connectivity index (χ3v) is 5.21. The summed E-state index contributed by atoms with van der Waals surface area (Å²) in [7, 11) is 0. The van der Waals surface area contributed by atoms with E-state index in [1.807, 2.05) is 0 Å². The van der Waals surface area contributed by atoms with Gasteiger partial charge in [-0.05, 0) is 43.9 Å². The third kappa shape index (κ3) is 2.62. The molecule has 0 saturated heterocycles. The highest BCUT2D eigenvalue weighted by molar-refractivity contribution is 9.10. The van der Waals surface area contributed by atoms with Gasteiger partial charge in [-0.1, -0.05) is 28.8 Å². The van der Waals surface area contributed by atoms with Gasteiger partial charge >= 0.3 is 0 Å². The molecule has 0 radical (unpaired) electrons. The molecule has 1 unspecified atom stereocenters. The molecular weight excluding hydrogens is 336 g/mol. The topological polar surface area (TPSA) is 17.8 Å². The van der Waals surface area contributed by atoms with E-state index >= 15 is 0 Å². The van der Waals surface area contributed by atoms with E-state index in [1.165, 1.54) is 31.2 Å². The highest BCUT2D eigenvalue weighted by Gasteiger charge is 2.25. The summed E-state index contributed by atoms with van der Waals surface area (Å²) in [5, 5.41) is 0. The number of hydrogen-bond acceptors (Lipinski definition) is 1. The van der Waals surface area contributed by atoms with Crippen LogP contribution >= 0.6 is 27.5 Å². The van der Waals surface area contributed by atoms with Crippen molar-refractivity contribution in [2.24, 2.45) is 5.92 Å². The third-order valence-electron chi connectivity index (χ3n) is 4.53. The smallest absolute Gasteiger partial charge is 0.111 e. The summed E-state index contributed by atoms with van der Waals surface area (Å²) in [6.07, 6.45) is 6.27. The van der Waals surface area contributed by atoms with E-state index in [1.54, 1.807) is 0 Å². The second-order valence-corrected chi connectivity index (χ2v) is 7.05. The molecule has 3 rings (SSSR count). The van der Waals surface area contributed by atoms with E-state index in [0.29, 0.717) is 11.9 Å². The number of fused-ring (bicyclic) bond motifs is 1.